The molecule has 25 heavy (non-hydrogen) atoms. The van der Waals surface area contributed by atoms with Crippen LogP contribution in [-0.4, -0.2) is 26.9 Å². The van der Waals surface area contributed by atoms with Crippen molar-refractivity contribution in [2.75, 3.05) is 12.1 Å². The second kappa shape index (κ2) is 6.50. The number of para-hydroxylation sites is 1. The maximum Gasteiger partial charge on any atom is 0.236 e. The van der Waals surface area contributed by atoms with Gasteiger partial charge in [0.1, 0.15) is 5.75 Å². The summed E-state index contributed by atoms with van der Waals surface area (Å²) in [6, 6.07) is 17.5. The zero-order valence-corrected chi connectivity index (χ0v) is 14.3. The minimum atomic E-state index is 0.629. The fourth-order valence-electron chi connectivity index (χ4n) is 2.48. The second-order valence-corrected chi connectivity index (χ2v) is 6.36. The van der Waals surface area contributed by atoms with Crippen molar-refractivity contribution in [2.24, 2.45) is 5.84 Å². The van der Waals surface area contributed by atoms with Crippen molar-refractivity contribution in [3.8, 4) is 5.75 Å². The summed E-state index contributed by atoms with van der Waals surface area (Å²) in [7, 11) is 1.65. The molecule has 2 heterocycles. The van der Waals surface area contributed by atoms with Gasteiger partial charge in [-0.3, -0.25) is 5.01 Å². The molecule has 0 bridgehead atoms. The Kier molecular flexibility index (Phi) is 4.04. The van der Waals surface area contributed by atoms with E-state index in [0.717, 1.165) is 22.8 Å². The average molecular weight is 352 g/mol. The lowest BCUT2D eigenvalue weighted by Gasteiger charge is -2.13. The summed E-state index contributed by atoms with van der Waals surface area (Å²) in [6.45, 7) is 0. The number of rotatable bonds is 5. The van der Waals surface area contributed by atoms with E-state index in [4.69, 9.17) is 10.6 Å². The monoisotopic (exact) mass is 352 g/mol. The quantitative estimate of drug-likeness (QED) is 0.439. The summed E-state index contributed by atoms with van der Waals surface area (Å²) in [5.41, 5.74) is 1.97. The van der Waals surface area contributed by atoms with Crippen molar-refractivity contribution in [3.05, 3.63) is 66.0 Å². The molecular formula is C17H16N6OS. The number of aromatic nitrogens is 4. The van der Waals surface area contributed by atoms with Gasteiger partial charge in [0, 0.05) is 6.42 Å². The van der Waals surface area contributed by atoms with E-state index in [-0.39, 0.29) is 0 Å². The first-order valence-corrected chi connectivity index (χ1v) is 8.50. The lowest BCUT2D eigenvalue weighted by atomic mass is 10.1. The van der Waals surface area contributed by atoms with Gasteiger partial charge in [0.25, 0.3) is 0 Å². The average Bonchev–Trinajstić information content (AvgIpc) is 3.24. The molecule has 0 spiro atoms. The lowest BCUT2D eigenvalue weighted by Crippen LogP contribution is -2.24. The van der Waals surface area contributed by atoms with Crippen LogP contribution in [0.2, 0.25) is 0 Å². The van der Waals surface area contributed by atoms with Gasteiger partial charge < -0.3 is 4.74 Å². The van der Waals surface area contributed by atoms with E-state index < -0.39 is 0 Å². The molecule has 2 N–H and O–H groups in total. The largest absolute Gasteiger partial charge is 0.497 e. The maximum absolute atomic E-state index is 6.18. The fraction of sp³-hybridized carbons (Fsp3) is 0.118. The van der Waals surface area contributed by atoms with Gasteiger partial charge in [-0.2, -0.15) is 4.52 Å². The van der Waals surface area contributed by atoms with Crippen molar-refractivity contribution in [2.45, 2.75) is 6.42 Å². The third kappa shape index (κ3) is 3.04. The lowest BCUT2D eigenvalue weighted by molar-refractivity contribution is 0.414. The Morgan fingerprint density at radius 1 is 1.08 bits per heavy atom. The number of fused-ring (bicyclic) bond motifs is 1. The molecule has 8 heteroatoms. The van der Waals surface area contributed by atoms with Gasteiger partial charge in [-0.25, -0.2) is 5.84 Å². The van der Waals surface area contributed by atoms with Crippen LogP contribution >= 0.6 is 11.3 Å². The first-order chi connectivity index (χ1) is 12.2. The maximum atomic E-state index is 6.18. The third-order valence-electron chi connectivity index (χ3n) is 3.81. The van der Waals surface area contributed by atoms with Crippen molar-refractivity contribution < 1.29 is 4.74 Å². The summed E-state index contributed by atoms with van der Waals surface area (Å²) in [6.07, 6.45) is 0.629. The molecule has 0 aliphatic carbocycles. The van der Waals surface area contributed by atoms with E-state index in [2.05, 4.69) is 15.3 Å². The van der Waals surface area contributed by atoms with Crippen LogP contribution in [0, 0.1) is 0 Å². The first kappa shape index (κ1) is 15.6. The predicted octanol–water partition coefficient (Wildman–Crippen LogP) is 2.80. The van der Waals surface area contributed by atoms with E-state index in [0.29, 0.717) is 16.5 Å². The van der Waals surface area contributed by atoms with Gasteiger partial charge in [-0.1, -0.05) is 41.7 Å². The van der Waals surface area contributed by atoms with Crippen molar-refractivity contribution in [1.29, 1.82) is 0 Å². The summed E-state index contributed by atoms with van der Waals surface area (Å²) < 4.78 is 6.93. The Hall–Kier alpha value is -2.97. The number of benzene rings is 2. The van der Waals surface area contributed by atoms with E-state index in [1.54, 1.807) is 16.6 Å². The van der Waals surface area contributed by atoms with Crippen molar-refractivity contribution in [3.63, 3.8) is 0 Å². The fourth-order valence-corrected chi connectivity index (χ4v) is 3.28. The highest BCUT2D eigenvalue weighted by Crippen LogP contribution is 2.27. The Labute approximate surface area is 148 Å². The highest BCUT2D eigenvalue weighted by molar-refractivity contribution is 7.20. The molecule has 4 aromatic rings. The predicted molar refractivity (Wildman–Crippen MR) is 97.2 cm³/mol. The SMILES string of the molecule is COc1ccc(Cc2nnc3sc(N(N)c4ccccc4)nn23)cc1. The number of hydrogen-bond donors (Lipinski definition) is 1. The van der Waals surface area contributed by atoms with Crippen LogP contribution in [0.5, 0.6) is 5.75 Å². The Morgan fingerprint density at radius 3 is 2.56 bits per heavy atom. The highest BCUT2D eigenvalue weighted by atomic mass is 32.1. The van der Waals surface area contributed by atoms with Gasteiger partial charge in [0.15, 0.2) is 5.82 Å². The number of methoxy groups -OCH3 is 1. The number of hydrogen-bond acceptors (Lipinski definition) is 7. The molecule has 0 saturated carbocycles. The smallest absolute Gasteiger partial charge is 0.236 e. The summed E-state index contributed by atoms with van der Waals surface area (Å²) in [5.74, 6) is 7.77. The number of nitrogens with zero attached hydrogens (tertiary/aromatic N) is 5. The van der Waals surface area contributed by atoms with Crippen LogP contribution in [0.3, 0.4) is 0 Å². The molecule has 2 aromatic heterocycles. The molecule has 4 rings (SSSR count). The zero-order chi connectivity index (χ0) is 17.2. The second-order valence-electron chi connectivity index (χ2n) is 5.43. The molecule has 126 valence electrons. The highest BCUT2D eigenvalue weighted by Gasteiger charge is 2.16. The minimum absolute atomic E-state index is 0.629. The molecule has 0 saturated heterocycles. The normalized spacial score (nSPS) is 11.0. The van der Waals surface area contributed by atoms with Gasteiger partial charge in [-0.05, 0) is 29.8 Å². The van der Waals surface area contributed by atoms with Crippen LogP contribution in [0.25, 0.3) is 4.96 Å². The number of anilines is 2. The third-order valence-corrected chi connectivity index (χ3v) is 4.70. The van der Waals surface area contributed by atoms with Crippen LogP contribution in [0.1, 0.15) is 11.4 Å². The van der Waals surface area contributed by atoms with Gasteiger partial charge >= 0.3 is 0 Å². The van der Waals surface area contributed by atoms with E-state index in [1.165, 1.54) is 11.3 Å². The van der Waals surface area contributed by atoms with Crippen LogP contribution in [0.4, 0.5) is 10.8 Å². The minimum Gasteiger partial charge on any atom is -0.497 e. The molecule has 2 aromatic carbocycles. The number of ether oxygens (including phenoxy) is 1. The summed E-state index contributed by atoms with van der Waals surface area (Å²) >= 11 is 1.40. The summed E-state index contributed by atoms with van der Waals surface area (Å²) in [4.78, 5) is 0.713. The van der Waals surface area contributed by atoms with E-state index in [9.17, 15) is 0 Å². The van der Waals surface area contributed by atoms with Crippen LogP contribution in [-0.2, 0) is 6.42 Å². The number of hydrazine groups is 1. The topological polar surface area (TPSA) is 81.6 Å². The van der Waals surface area contributed by atoms with Crippen molar-refractivity contribution >= 4 is 27.1 Å². The number of nitrogens with two attached hydrogens (primary N) is 1. The molecular weight excluding hydrogens is 336 g/mol. The molecule has 0 atom stereocenters. The first-order valence-electron chi connectivity index (χ1n) is 7.68. The van der Waals surface area contributed by atoms with E-state index in [1.807, 2.05) is 54.6 Å². The van der Waals surface area contributed by atoms with Gasteiger partial charge in [0.05, 0.1) is 12.8 Å². The molecule has 0 aliphatic heterocycles. The Morgan fingerprint density at radius 2 is 1.84 bits per heavy atom. The summed E-state index contributed by atoms with van der Waals surface area (Å²) in [5, 5.41) is 15.2. The molecule has 0 fully saturated rings. The molecule has 0 radical (unpaired) electrons. The zero-order valence-electron chi connectivity index (χ0n) is 13.5. The Balaban J connectivity index is 1.61. The molecule has 0 aliphatic rings. The van der Waals surface area contributed by atoms with Crippen molar-refractivity contribution in [1.82, 2.24) is 19.8 Å². The Bertz CT molecular complexity index is 979. The molecule has 7 nitrogen and oxygen atoms in total. The molecule has 0 amide bonds. The van der Waals surface area contributed by atoms with Crippen LogP contribution < -0.4 is 15.6 Å². The van der Waals surface area contributed by atoms with Crippen LogP contribution in [0.15, 0.2) is 54.6 Å². The standard InChI is InChI=1S/C17H16N6OS/c1-24-14-9-7-12(8-10-14)11-15-19-20-16-23(15)21-17(25-16)22(18)13-5-3-2-4-6-13/h2-10H,11,18H2,1H3. The van der Waals surface area contributed by atoms with Gasteiger partial charge in [-0.15, -0.1) is 15.3 Å². The van der Waals surface area contributed by atoms with Gasteiger partial charge in [0.2, 0.25) is 10.1 Å². The van der Waals surface area contributed by atoms with E-state index >= 15 is 0 Å². The molecule has 0 unspecified atom stereocenters.